The highest BCUT2D eigenvalue weighted by atomic mass is 35.5. The first kappa shape index (κ1) is 17.8. The van der Waals surface area contributed by atoms with Gasteiger partial charge in [0, 0.05) is 6.07 Å². The van der Waals surface area contributed by atoms with Gasteiger partial charge in [0.05, 0.1) is 17.2 Å². The van der Waals surface area contributed by atoms with E-state index < -0.39 is 12.1 Å². The Hall–Kier alpha value is -2.53. The number of ether oxygens (including phenoxy) is 3. The van der Waals surface area contributed by atoms with E-state index in [0.717, 1.165) is 12.8 Å². The number of hydrogen-bond donors (Lipinski definition) is 0. The Kier molecular flexibility index (Phi) is 6.63. The van der Waals surface area contributed by atoms with Crippen LogP contribution in [0, 0.1) is 0 Å². The maximum Gasteiger partial charge on any atom is 0.513 e. The molecule has 0 aliphatic heterocycles. The summed E-state index contributed by atoms with van der Waals surface area (Å²) >= 11 is 5.96. The zero-order valence-corrected chi connectivity index (χ0v) is 13.9. The molecule has 2 aromatic carbocycles. The number of carbonyl (C=O) groups excluding carboxylic acids is 2. The molecule has 0 unspecified atom stereocenters. The van der Waals surface area contributed by atoms with Gasteiger partial charge < -0.3 is 14.2 Å². The lowest BCUT2D eigenvalue weighted by molar-refractivity contribution is 0.0734. The van der Waals surface area contributed by atoms with E-state index in [-0.39, 0.29) is 17.1 Å². The van der Waals surface area contributed by atoms with Gasteiger partial charge in [0.2, 0.25) is 0 Å². The third-order valence-electron chi connectivity index (χ3n) is 3.03. The van der Waals surface area contributed by atoms with Crippen molar-refractivity contribution < 1.29 is 23.8 Å². The molecular formula is C18H17ClO5. The summed E-state index contributed by atoms with van der Waals surface area (Å²) in [7, 11) is 0. The van der Waals surface area contributed by atoms with Gasteiger partial charge in [0.25, 0.3) is 0 Å². The van der Waals surface area contributed by atoms with E-state index >= 15 is 0 Å². The molecule has 0 saturated carbocycles. The van der Waals surface area contributed by atoms with Crippen LogP contribution in [0.15, 0.2) is 48.5 Å². The summed E-state index contributed by atoms with van der Waals surface area (Å²) < 4.78 is 15.2. The SMILES string of the molecule is CCCCOC(=O)Oc1cccc(OC(=O)c2ccccc2Cl)c1. The largest absolute Gasteiger partial charge is 0.513 e. The first-order valence-corrected chi connectivity index (χ1v) is 7.89. The van der Waals surface area contributed by atoms with Crippen LogP contribution in [0.4, 0.5) is 4.79 Å². The third-order valence-corrected chi connectivity index (χ3v) is 3.36. The second-order valence-corrected chi connectivity index (χ2v) is 5.31. The molecule has 0 fully saturated rings. The predicted octanol–water partition coefficient (Wildman–Crippen LogP) is 4.87. The highest BCUT2D eigenvalue weighted by molar-refractivity contribution is 6.33. The quantitative estimate of drug-likeness (QED) is 0.322. The second kappa shape index (κ2) is 8.93. The predicted molar refractivity (Wildman–Crippen MR) is 89.7 cm³/mol. The van der Waals surface area contributed by atoms with Crippen molar-refractivity contribution in [1.82, 2.24) is 0 Å². The zero-order chi connectivity index (χ0) is 17.4. The molecule has 0 bridgehead atoms. The third kappa shape index (κ3) is 5.28. The Morgan fingerprint density at radius 1 is 1.00 bits per heavy atom. The average molecular weight is 349 g/mol. The first-order valence-electron chi connectivity index (χ1n) is 7.51. The lowest BCUT2D eigenvalue weighted by Gasteiger charge is -2.08. The fourth-order valence-electron chi connectivity index (χ4n) is 1.82. The minimum Gasteiger partial charge on any atom is -0.434 e. The number of hydrogen-bond acceptors (Lipinski definition) is 5. The molecule has 0 radical (unpaired) electrons. The number of esters is 1. The Labute approximate surface area is 145 Å². The van der Waals surface area contributed by atoms with Gasteiger partial charge >= 0.3 is 12.1 Å². The van der Waals surface area contributed by atoms with Crippen molar-refractivity contribution in [2.45, 2.75) is 19.8 Å². The maximum absolute atomic E-state index is 12.1. The van der Waals surface area contributed by atoms with Crippen molar-refractivity contribution in [2.75, 3.05) is 6.61 Å². The molecule has 0 aliphatic rings. The van der Waals surface area contributed by atoms with E-state index in [0.29, 0.717) is 11.6 Å². The summed E-state index contributed by atoms with van der Waals surface area (Å²) in [5, 5.41) is 0.300. The highest BCUT2D eigenvalue weighted by Gasteiger charge is 2.13. The number of carbonyl (C=O) groups is 2. The summed E-state index contributed by atoms with van der Waals surface area (Å²) in [4.78, 5) is 23.6. The van der Waals surface area contributed by atoms with E-state index in [2.05, 4.69) is 0 Å². The van der Waals surface area contributed by atoms with Crippen LogP contribution in [0.5, 0.6) is 11.5 Å². The van der Waals surface area contributed by atoms with E-state index in [9.17, 15) is 9.59 Å². The fraction of sp³-hybridized carbons (Fsp3) is 0.222. The summed E-state index contributed by atoms with van der Waals surface area (Å²) in [6.07, 6.45) is 0.892. The molecule has 24 heavy (non-hydrogen) atoms. The van der Waals surface area contributed by atoms with E-state index in [1.807, 2.05) is 6.92 Å². The van der Waals surface area contributed by atoms with Gasteiger partial charge in [0.1, 0.15) is 11.5 Å². The van der Waals surface area contributed by atoms with Crippen molar-refractivity contribution in [2.24, 2.45) is 0 Å². The maximum atomic E-state index is 12.1. The van der Waals surface area contributed by atoms with Gasteiger partial charge in [0.15, 0.2) is 0 Å². The fourth-order valence-corrected chi connectivity index (χ4v) is 2.03. The Morgan fingerprint density at radius 2 is 1.71 bits per heavy atom. The summed E-state index contributed by atoms with van der Waals surface area (Å²) in [6.45, 7) is 2.29. The van der Waals surface area contributed by atoms with Gasteiger partial charge in [-0.2, -0.15) is 0 Å². The smallest absolute Gasteiger partial charge is 0.434 e. The van der Waals surface area contributed by atoms with Crippen molar-refractivity contribution >= 4 is 23.7 Å². The zero-order valence-electron chi connectivity index (χ0n) is 13.2. The van der Waals surface area contributed by atoms with Crippen LogP contribution in [0.3, 0.4) is 0 Å². The normalized spacial score (nSPS) is 10.1. The van der Waals surface area contributed by atoms with Crippen LogP contribution >= 0.6 is 11.6 Å². The van der Waals surface area contributed by atoms with Gasteiger partial charge in [-0.1, -0.05) is 43.1 Å². The van der Waals surface area contributed by atoms with Crippen LogP contribution in [0.25, 0.3) is 0 Å². The van der Waals surface area contributed by atoms with Gasteiger partial charge in [-0.25, -0.2) is 9.59 Å². The monoisotopic (exact) mass is 348 g/mol. The van der Waals surface area contributed by atoms with Crippen LogP contribution < -0.4 is 9.47 Å². The van der Waals surface area contributed by atoms with Gasteiger partial charge in [-0.05, 0) is 30.7 Å². The molecule has 0 spiro atoms. The highest BCUT2D eigenvalue weighted by Crippen LogP contribution is 2.22. The standard InChI is InChI=1S/C18H17ClO5/c1-2-3-11-22-18(21)24-14-8-6-7-13(12-14)23-17(20)15-9-4-5-10-16(15)19/h4-10,12H,2-3,11H2,1H3. The topological polar surface area (TPSA) is 61.8 Å². The van der Waals surface area contributed by atoms with Crippen LogP contribution in [-0.4, -0.2) is 18.7 Å². The molecule has 0 saturated heterocycles. The summed E-state index contributed by atoms with van der Waals surface area (Å²) in [6, 6.07) is 12.7. The molecule has 0 atom stereocenters. The van der Waals surface area contributed by atoms with Crippen molar-refractivity contribution in [3.63, 3.8) is 0 Å². The molecule has 0 N–H and O–H groups in total. The molecule has 126 valence electrons. The van der Waals surface area contributed by atoms with Gasteiger partial charge in [-0.15, -0.1) is 0 Å². The molecule has 2 aromatic rings. The van der Waals surface area contributed by atoms with Crippen molar-refractivity contribution in [1.29, 1.82) is 0 Å². The first-order chi connectivity index (χ1) is 11.6. The molecule has 6 heteroatoms. The minimum atomic E-state index is -0.793. The molecule has 0 aliphatic carbocycles. The Morgan fingerprint density at radius 3 is 2.42 bits per heavy atom. The van der Waals surface area contributed by atoms with Crippen LogP contribution in [0.2, 0.25) is 5.02 Å². The summed E-state index contributed by atoms with van der Waals surface area (Å²) in [5.74, 6) is -0.136. The lowest BCUT2D eigenvalue weighted by Crippen LogP contribution is -2.12. The van der Waals surface area contributed by atoms with E-state index in [4.69, 9.17) is 25.8 Å². The number of rotatable bonds is 6. The molecule has 0 amide bonds. The van der Waals surface area contributed by atoms with E-state index in [1.54, 1.807) is 42.5 Å². The Bertz CT molecular complexity index is 714. The van der Waals surface area contributed by atoms with Crippen molar-refractivity contribution in [3.05, 3.63) is 59.1 Å². The molecule has 0 heterocycles. The van der Waals surface area contributed by atoms with Crippen LogP contribution in [-0.2, 0) is 4.74 Å². The van der Waals surface area contributed by atoms with Gasteiger partial charge in [-0.3, -0.25) is 0 Å². The van der Waals surface area contributed by atoms with Crippen molar-refractivity contribution in [3.8, 4) is 11.5 Å². The van der Waals surface area contributed by atoms with Crippen LogP contribution in [0.1, 0.15) is 30.1 Å². The molecule has 5 nitrogen and oxygen atoms in total. The minimum absolute atomic E-state index is 0.223. The second-order valence-electron chi connectivity index (χ2n) is 4.90. The number of halogens is 1. The number of benzene rings is 2. The Balaban J connectivity index is 1.99. The number of unbranched alkanes of at least 4 members (excludes halogenated alkanes) is 1. The lowest BCUT2D eigenvalue weighted by atomic mass is 10.2. The molecule has 2 rings (SSSR count). The average Bonchev–Trinajstić information content (AvgIpc) is 2.55. The molecular weight excluding hydrogens is 332 g/mol. The summed E-state index contributed by atoms with van der Waals surface area (Å²) in [5.41, 5.74) is 0.254. The molecule has 0 aromatic heterocycles. The van der Waals surface area contributed by atoms with E-state index in [1.165, 1.54) is 6.07 Å².